The molecule has 0 saturated heterocycles. The molecule has 0 aromatic heterocycles. The van der Waals surface area contributed by atoms with E-state index >= 15 is 0 Å². The fourth-order valence-corrected chi connectivity index (χ4v) is 9.42. The van der Waals surface area contributed by atoms with Gasteiger partial charge in [0.15, 0.2) is 11.9 Å². The monoisotopic (exact) mass is 444 g/mol. The molecular weight excluding hydrogens is 396 g/mol. The van der Waals surface area contributed by atoms with Gasteiger partial charge >= 0.3 is 5.97 Å². The van der Waals surface area contributed by atoms with E-state index in [1.165, 1.54) is 64.7 Å². The molecule has 0 radical (unpaired) electrons. The van der Waals surface area contributed by atoms with Gasteiger partial charge in [0.25, 0.3) is 0 Å². The van der Waals surface area contributed by atoms with E-state index in [0.717, 1.165) is 36.0 Å². The van der Waals surface area contributed by atoms with Crippen molar-refractivity contribution in [3.8, 4) is 0 Å². The summed E-state index contributed by atoms with van der Waals surface area (Å²) in [5.41, 5.74) is 0.611. The first-order valence-electron chi connectivity index (χ1n) is 13.8. The third kappa shape index (κ3) is 4.20. The highest BCUT2D eigenvalue weighted by Crippen LogP contribution is 2.68. The van der Waals surface area contributed by atoms with Crippen LogP contribution in [-0.2, 0) is 14.3 Å². The molecule has 1 unspecified atom stereocenters. The minimum Gasteiger partial charge on any atom is -0.455 e. The molecule has 4 aliphatic rings. The summed E-state index contributed by atoms with van der Waals surface area (Å²) in [5, 5.41) is 0. The normalized spacial score (nSPS) is 44.5. The lowest BCUT2D eigenvalue weighted by Crippen LogP contribution is -2.56. The first-order chi connectivity index (χ1) is 15.1. The van der Waals surface area contributed by atoms with Crippen molar-refractivity contribution in [1.82, 2.24) is 0 Å². The van der Waals surface area contributed by atoms with E-state index < -0.39 is 6.10 Å². The van der Waals surface area contributed by atoms with Gasteiger partial charge in [0.2, 0.25) is 0 Å². The van der Waals surface area contributed by atoms with Crippen LogP contribution < -0.4 is 0 Å². The van der Waals surface area contributed by atoms with Crippen LogP contribution in [0.1, 0.15) is 112 Å². The van der Waals surface area contributed by atoms with Gasteiger partial charge in [-0.3, -0.25) is 9.59 Å². The molecule has 0 amide bonds. The van der Waals surface area contributed by atoms with E-state index in [4.69, 9.17) is 4.74 Å². The van der Waals surface area contributed by atoms with Crippen LogP contribution in [0.25, 0.3) is 0 Å². The van der Waals surface area contributed by atoms with Crippen LogP contribution in [0, 0.1) is 52.3 Å². The molecule has 9 atom stereocenters. The van der Waals surface area contributed by atoms with Crippen molar-refractivity contribution in [3.63, 3.8) is 0 Å². The zero-order chi connectivity index (χ0) is 23.3. The molecule has 0 aliphatic heterocycles. The Hall–Kier alpha value is -0.860. The first kappa shape index (κ1) is 24.3. The van der Waals surface area contributed by atoms with E-state index in [0.29, 0.717) is 23.7 Å². The van der Waals surface area contributed by atoms with Gasteiger partial charge in [-0.2, -0.15) is 0 Å². The van der Waals surface area contributed by atoms with Crippen molar-refractivity contribution in [2.24, 2.45) is 52.3 Å². The Labute approximate surface area is 196 Å². The molecule has 0 spiro atoms. The van der Waals surface area contributed by atoms with E-state index in [1.807, 2.05) is 0 Å². The Balaban J connectivity index is 1.46. The molecule has 182 valence electrons. The molecule has 0 aromatic carbocycles. The lowest BCUT2D eigenvalue weighted by atomic mass is 9.44. The standard InChI is InChI=1S/C29H48O3/c1-18(2)8-7-9-19(3)23-12-13-24-22-11-10-21-16-27(32-20(4)30)26(31)17-29(21,6)25(22)14-15-28(23,24)5/h18-19,21-25,27H,7-17H2,1-6H3/t19-,21?,22+,23-,24+,25+,27+,28-,29+/m1/s1. The van der Waals surface area contributed by atoms with Crippen molar-refractivity contribution in [2.75, 3.05) is 0 Å². The number of hydrogen-bond donors (Lipinski definition) is 0. The first-order valence-corrected chi connectivity index (χ1v) is 13.8. The van der Waals surface area contributed by atoms with Crippen LogP contribution in [0.3, 0.4) is 0 Å². The maximum Gasteiger partial charge on any atom is 0.303 e. The molecule has 3 heteroatoms. The third-order valence-corrected chi connectivity index (χ3v) is 11.0. The quantitative estimate of drug-likeness (QED) is 0.406. The fourth-order valence-electron chi connectivity index (χ4n) is 9.42. The summed E-state index contributed by atoms with van der Waals surface area (Å²) in [6.07, 6.45) is 13.0. The Morgan fingerprint density at radius 2 is 1.72 bits per heavy atom. The van der Waals surface area contributed by atoms with E-state index in [1.54, 1.807) is 0 Å². The van der Waals surface area contributed by atoms with Crippen molar-refractivity contribution in [2.45, 2.75) is 118 Å². The smallest absolute Gasteiger partial charge is 0.303 e. The van der Waals surface area contributed by atoms with Crippen molar-refractivity contribution in [3.05, 3.63) is 0 Å². The predicted octanol–water partition coefficient (Wildman–Crippen LogP) is 7.22. The highest BCUT2D eigenvalue weighted by molar-refractivity contribution is 5.86. The van der Waals surface area contributed by atoms with Gasteiger partial charge in [-0.1, -0.05) is 53.9 Å². The molecular formula is C29H48O3. The van der Waals surface area contributed by atoms with Crippen LogP contribution in [0.5, 0.6) is 0 Å². The highest BCUT2D eigenvalue weighted by atomic mass is 16.5. The zero-order valence-corrected chi connectivity index (χ0v) is 21.6. The van der Waals surface area contributed by atoms with E-state index in [9.17, 15) is 9.59 Å². The molecule has 0 N–H and O–H groups in total. The summed E-state index contributed by atoms with van der Waals surface area (Å²) in [6, 6.07) is 0. The van der Waals surface area contributed by atoms with Gasteiger partial charge in [-0.25, -0.2) is 0 Å². The molecule has 4 aliphatic carbocycles. The average molecular weight is 445 g/mol. The summed E-state index contributed by atoms with van der Waals surface area (Å²) < 4.78 is 5.42. The zero-order valence-electron chi connectivity index (χ0n) is 21.6. The second-order valence-corrected chi connectivity index (χ2v) is 13.2. The Bertz CT molecular complexity index is 713. The molecule has 4 rings (SSSR count). The van der Waals surface area contributed by atoms with Crippen molar-refractivity contribution < 1.29 is 14.3 Å². The SMILES string of the molecule is CC(=O)O[C@H]1CC2CC[C@H]3[C@@H]4CC[C@H]([C@H](C)CCCC(C)C)[C@@]4(C)CC[C@@H]3[C@@]2(C)CC1=O. The number of ether oxygens (including phenoxy) is 1. The Kier molecular flexibility index (Phi) is 6.87. The maximum absolute atomic E-state index is 13.0. The number of carbonyl (C=O) groups is 2. The minimum absolute atomic E-state index is 0.110. The fraction of sp³-hybridized carbons (Fsp3) is 0.931. The van der Waals surface area contributed by atoms with Crippen LogP contribution in [0.2, 0.25) is 0 Å². The minimum atomic E-state index is -0.487. The van der Waals surface area contributed by atoms with Crippen LogP contribution >= 0.6 is 0 Å². The van der Waals surface area contributed by atoms with Gasteiger partial charge in [0.05, 0.1) is 0 Å². The number of ketones is 1. The predicted molar refractivity (Wildman–Crippen MR) is 129 cm³/mol. The van der Waals surface area contributed by atoms with Crippen LogP contribution in [0.15, 0.2) is 0 Å². The molecule has 3 nitrogen and oxygen atoms in total. The van der Waals surface area contributed by atoms with E-state index in [-0.39, 0.29) is 17.2 Å². The molecule has 0 aromatic rings. The average Bonchev–Trinajstić information content (AvgIpc) is 3.05. The molecule has 32 heavy (non-hydrogen) atoms. The molecule has 0 bridgehead atoms. The second-order valence-electron chi connectivity index (χ2n) is 13.2. The number of Topliss-reactive ketones (excluding diaryl/α,β-unsaturated/α-hetero) is 1. The van der Waals surface area contributed by atoms with Gasteiger partial charge < -0.3 is 4.74 Å². The topological polar surface area (TPSA) is 43.4 Å². The van der Waals surface area contributed by atoms with Gasteiger partial charge in [0, 0.05) is 13.3 Å². The Morgan fingerprint density at radius 3 is 2.41 bits per heavy atom. The van der Waals surface area contributed by atoms with Gasteiger partial charge in [-0.05, 0) is 97.2 Å². The van der Waals surface area contributed by atoms with Gasteiger partial charge in [-0.15, -0.1) is 0 Å². The largest absolute Gasteiger partial charge is 0.455 e. The summed E-state index contributed by atoms with van der Waals surface area (Å²) >= 11 is 0. The molecule has 4 fully saturated rings. The number of esters is 1. The van der Waals surface area contributed by atoms with Gasteiger partial charge in [0.1, 0.15) is 0 Å². The lowest BCUT2D eigenvalue weighted by Gasteiger charge is -2.61. The maximum atomic E-state index is 13.0. The van der Waals surface area contributed by atoms with Crippen molar-refractivity contribution >= 4 is 11.8 Å². The number of fused-ring (bicyclic) bond motifs is 5. The Morgan fingerprint density at radius 1 is 1.00 bits per heavy atom. The van der Waals surface area contributed by atoms with Crippen molar-refractivity contribution in [1.29, 1.82) is 0 Å². The summed E-state index contributed by atoms with van der Waals surface area (Å²) in [6.45, 7) is 13.7. The second kappa shape index (κ2) is 9.06. The number of rotatable bonds is 6. The van der Waals surface area contributed by atoms with E-state index in [2.05, 4.69) is 34.6 Å². The highest BCUT2D eigenvalue weighted by Gasteiger charge is 2.61. The van der Waals surface area contributed by atoms with Crippen LogP contribution in [-0.4, -0.2) is 17.9 Å². The summed E-state index contributed by atoms with van der Waals surface area (Å²) in [5.74, 6) is 5.25. The third-order valence-electron chi connectivity index (χ3n) is 11.0. The number of carbonyl (C=O) groups excluding carboxylic acids is 2. The molecule has 4 saturated carbocycles. The lowest BCUT2D eigenvalue weighted by molar-refractivity contribution is -0.170. The summed E-state index contributed by atoms with van der Waals surface area (Å²) in [7, 11) is 0. The number of hydrogen-bond acceptors (Lipinski definition) is 3. The van der Waals surface area contributed by atoms with Crippen LogP contribution in [0.4, 0.5) is 0 Å². The molecule has 0 heterocycles. The summed E-state index contributed by atoms with van der Waals surface area (Å²) in [4.78, 5) is 24.5.